The maximum absolute atomic E-state index is 13.2. The molecular formula is C20H20F6. The first-order chi connectivity index (χ1) is 12.1. The molecule has 0 fully saturated rings. The van der Waals surface area contributed by atoms with Gasteiger partial charge in [-0.25, -0.2) is 0 Å². The summed E-state index contributed by atoms with van der Waals surface area (Å²) in [7, 11) is 0. The Morgan fingerprint density at radius 2 is 0.923 bits per heavy atom. The fourth-order valence-corrected chi connectivity index (χ4v) is 3.08. The first-order valence-corrected chi connectivity index (χ1v) is 8.52. The molecule has 0 atom stereocenters. The zero-order chi connectivity index (χ0) is 19.5. The second-order valence-corrected chi connectivity index (χ2v) is 5.98. The van der Waals surface area contributed by atoms with Gasteiger partial charge in [-0.3, -0.25) is 0 Å². The minimum absolute atomic E-state index is 0.0315. The highest BCUT2D eigenvalue weighted by Crippen LogP contribution is 2.36. The lowest BCUT2D eigenvalue weighted by molar-refractivity contribution is -0.139. The fourth-order valence-electron chi connectivity index (χ4n) is 3.08. The molecule has 4 aliphatic rings. The van der Waals surface area contributed by atoms with E-state index in [1.165, 1.54) is 12.1 Å². The summed E-state index contributed by atoms with van der Waals surface area (Å²) < 4.78 is 79.4. The number of rotatable bonds is 0. The third-order valence-corrected chi connectivity index (χ3v) is 4.33. The zero-order valence-corrected chi connectivity index (χ0v) is 14.6. The summed E-state index contributed by atoms with van der Waals surface area (Å²) in [4.78, 5) is 0. The SMILES string of the molecule is CC.FC(F)(F)c1cc2ccc1CCc1ccc(cc1C(F)(F)F)CC2. The van der Waals surface area contributed by atoms with Gasteiger partial charge in [-0.05, 0) is 60.1 Å². The van der Waals surface area contributed by atoms with Crippen molar-refractivity contribution in [2.75, 3.05) is 0 Å². The van der Waals surface area contributed by atoms with Crippen molar-refractivity contribution < 1.29 is 26.3 Å². The van der Waals surface area contributed by atoms with Crippen molar-refractivity contribution in [3.05, 3.63) is 69.8 Å². The van der Waals surface area contributed by atoms with Gasteiger partial charge in [0.15, 0.2) is 0 Å². The number of halogens is 6. The van der Waals surface area contributed by atoms with Crippen molar-refractivity contribution in [2.24, 2.45) is 0 Å². The second kappa shape index (κ2) is 7.72. The molecule has 26 heavy (non-hydrogen) atoms. The molecule has 4 bridgehead atoms. The van der Waals surface area contributed by atoms with Crippen molar-refractivity contribution in [3.8, 4) is 0 Å². The minimum atomic E-state index is -4.51. The number of alkyl halides is 6. The molecule has 0 saturated carbocycles. The van der Waals surface area contributed by atoms with E-state index >= 15 is 0 Å². The predicted octanol–water partition coefficient (Wildman–Crippen LogP) is 6.63. The fraction of sp³-hybridized carbons (Fsp3) is 0.400. The molecular weight excluding hydrogens is 354 g/mol. The van der Waals surface area contributed by atoms with Gasteiger partial charge in [0.1, 0.15) is 0 Å². The topological polar surface area (TPSA) is 0 Å². The smallest absolute Gasteiger partial charge is 0.166 e. The van der Waals surface area contributed by atoms with Crippen molar-refractivity contribution in [2.45, 2.75) is 51.9 Å². The average Bonchev–Trinajstić information content (AvgIpc) is 2.57. The first kappa shape index (κ1) is 20.3. The first-order valence-electron chi connectivity index (χ1n) is 8.52. The van der Waals surface area contributed by atoms with Gasteiger partial charge < -0.3 is 0 Å². The van der Waals surface area contributed by atoms with Crippen LogP contribution >= 0.6 is 0 Å². The molecule has 6 heteroatoms. The molecule has 0 aliphatic heterocycles. The summed E-state index contributed by atoms with van der Waals surface area (Å²) in [6, 6.07) is 8.27. The van der Waals surface area contributed by atoms with Crippen molar-refractivity contribution in [1.82, 2.24) is 0 Å². The van der Waals surface area contributed by atoms with Gasteiger partial charge in [0.05, 0.1) is 11.1 Å². The lowest BCUT2D eigenvalue weighted by Crippen LogP contribution is -2.14. The van der Waals surface area contributed by atoms with Gasteiger partial charge >= 0.3 is 12.4 Å². The predicted molar refractivity (Wildman–Crippen MR) is 89.1 cm³/mol. The molecule has 0 saturated heterocycles. The Kier molecular flexibility index (Phi) is 6.04. The van der Waals surface area contributed by atoms with E-state index in [0.29, 0.717) is 11.1 Å². The molecule has 0 heterocycles. The maximum Gasteiger partial charge on any atom is 0.416 e. The number of aryl methyl sites for hydroxylation is 4. The van der Waals surface area contributed by atoms with Crippen LogP contribution in [0, 0.1) is 0 Å². The van der Waals surface area contributed by atoms with E-state index in [9.17, 15) is 26.3 Å². The van der Waals surface area contributed by atoms with E-state index in [2.05, 4.69) is 0 Å². The van der Waals surface area contributed by atoms with E-state index in [4.69, 9.17) is 0 Å². The Morgan fingerprint density at radius 1 is 0.577 bits per heavy atom. The third-order valence-electron chi connectivity index (χ3n) is 4.33. The third kappa shape index (κ3) is 4.59. The number of hydrogen-bond donors (Lipinski definition) is 0. The van der Waals surface area contributed by atoms with Crippen LogP contribution in [-0.4, -0.2) is 0 Å². The summed E-state index contributed by atoms with van der Waals surface area (Å²) in [6.07, 6.45) is -8.66. The van der Waals surface area contributed by atoms with Gasteiger partial charge in [0.25, 0.3) is 0 Å². The molecule has 0 spiro atoms. The molecule has 142 valence electrons. The highest BCUT2D eigenvalue weighted by Gasteiger charge is 2.35. The Morgan fingerprint density at radius 3 is 1.23 bits per heavy atom. The molecule has 0 amide bonds. The molecule has 0 aromatic heterocycles. The standard InChI is InChI=1S/C18H14F6.C2H6/c19-17(20,21)15-9-11-1-2-12-4-6-14(8-7-13(15)5-3-11)16(10-12)18(22,23)24;1-2/h3-6,9-10H,1-2,7-8H2;1-2H3. The number of hydrogen-bond acceptors (Lipinski definition) is 0. The normalized spacial score (nSPS) is 14.3. The Labute approximate surface area is 148 Å². The largest absolute Gasteiger partial charge is 0.416 e. The van der Waals surface area contributed by atoms with Gasteiger partial charge in [0, 0.05) is 0 Å². The van der Waals surface area contributed by atoms with Crippen LogP contribution < -0.4 is 0 Å². The van der Waals surface area contributed by atoms with E-state index in [-0.39, 0.29) is 36.8 Å². The van der Waals surface area contributed by atoms with Crippen molar-refractivity contribution in [1.29, 1.82) is 0 Å². The maximum atomic E-state index is 13.2. The van der Waals surface area contributed by atoms with Crippen molar-refractivity contribution in [3.63, 3.8) is 0 Å². The summed E-state index contributed by atoms with van der Waals surface area (Å²) >= 11 is 0. The lowest BCUT2D eigenvalue weighted by Gasteiger charge is -2.19. The Hall–Kier alpha value is -1.98. The van der Waals surface area contributed by atoms with Gasteiger partial charge in [-0.15, -0.1) is 0 Å². The summed E-state index contributed by atoms with van der Waals surface area (Å²) in [6.45, 7) is 4.00. The molecule has 0 N–H and O–H groups in total. The van der Waals surface area contributed by atoms with E-state index in [1.807, 2.05) is 13.8 Å². The Bertz CT molecular complexity index is 690. The molecule has 0 nitrogen and oxygen atoms in total. The summed E-state index contributed by atoms with van der Waals surface area (Å²) in [5.41, 5.74) is -0.478. The lowest BCUT2D eigenvalue weighted by atomic mass is 9.91. The van der Waals surface area contributed by atoms with Crippen LogP contribution in [0.15, 0.2) is 36.4 Å². The zero-order valence-electron chi connectivity index (χ0n) is 14.6. The van der Waals surface area contributed by atoms with Crippen LogP contribution in [0.5, 0.6) is 0 Å². The van der Waals surface area contributed by atoms with Crippen LogP contribution in [0.1, 0.15) is 47.2 Å². The van der Waals surface area contributed by atoms with Crippen molar-refractivity contribution >= 4 is 0 Å². The number of benzene rings is 2. The summed E-state index contributed by atoms with van der Waals surface area (Å²) in [5, 5.41) is 0. The minimum Gasteiger partial charge on any atom is -0.166 e. The molecule has 4 aliphatic carbocycles. The van der Waals surface area contributed by atoms with Gasteiger partial charge in [0.2, 0.25) is 0 Å². The van der Waals surface area contributed by atoms with Crippen LogP contribution in [0.4, 0.5) is 26.3 Å². The van der Waals surface area contributed by atoms with E-state index < -0.39 is 23.5 Å². The highest BCUT2D eigenvalue weighted by atomic mass is 19.4. The van der Waals surface area contributed by atoms with Crippen LogP contribution in [0.3, 0.4) is 0 Å². The molecule has 0 radical (unpaired) electrons. The Balaban J connectivity index is 0.00000117. The molecule has 2 aromatic rings. The van der Waals surface area contributed by atoms with Crippen LogP contribution in [0.25, 0.3) is 0 Å². The molecule has 6 rings (SSSR count). The quantitative estimate of drug-likeness (QED) is 0.454. The van der Waals surface area contributed by atoms with Crippen LogP contribution in [0.2, 0.25) is 0 Å². The van der Waals surface area contributed by atoms with Crippen LogP contribution in [-0.2, 0) is 38.0 Å². The molecule has 0 unspecified atom stereocenters. The average molecular weight is 374 g/mol. The highest BCUT2D eigenvalue weighted by molar-refractivity contribution is 5.39. The van der Waals surface area contributed by atoms with Gasteiger partial charge in [-0.1, -0.05) is 38.1 Å². The van der Waals surface area contributed by atoms with E-state index in [0.717, 1.165) is 12.1 Å². The molecule has 2 aromatic carbocycles. The van der Waals surface area contributed by atoms with Gasteiger partial charge in [-0.2, -0.15) is 26.3 Å². The van der Waals surface area contributed by atoms with E-state index in [1.54, 1.807) is 12.1 Å². The summed E-state index contributed by atoms with van der Waals surface area (Å²) in [5.74, 6) is 0. The second-order valence-electron chi connectivity index (χ2n) is 5.98. The monoisotopic (exact) mass is 374 g/mol.